The molecule has 14 heavy (non-hydrogen) atoms. The number of carbonyl (C=O) groups is 1. The van der Waals surface area contributed by atoms with Gasteiger partial charge in [-0.25, -0.2) is 0 Å². The summed E-state index contributed by atoms with van der Waals surface area (Å²) in [5.41, 5.74) is 1.21. The summed E-state index contributed by atoms with van der Waals surface area (Å²) in [7, 11) is 1.00. The lowest BCUT2D eigenvalue weighted by atomic mass is 9.89. The van der Waals surface area contributed by atoms with Crippen LogP contribution in [0.1, 0.15) is 26.7 Å². The molecule has 3 nitrogen and oxygen atoms in total. The van der Waals surface area contributed by atoms with Gasteiger partial charge in [0, 0.05) is 19.4 Å². The van der Waals surface area contributed by atoms with Crippen LogP contribution in [0.3, 0.4) is 0 Å². The Bertz CT molecular complexity index is 189. The summed E-state index contributed by atoms with van der Waals surface area (Å²) >= 11 is 0. The summed E-state index contributed by atoms with van der Waals surface area (Å²) in [4.78, 5) is 10.3. The molecule has 1 rings (SSSR count). The van der Waals surface area contributed by atoms with Crippen LogP contribution in [0, 0.1) is 5.92 Å². The lowest BCUT2D eigenvalue weighted by Gasteiger charge is -2.33. The fraction of sp³-hybridized carbons (Fsp3) is 0.727. The Morgan fingerprint density at radius 2 is 2.14 bits per heavy atom. The predicted octanol–water partition coefficient (Wildman–Crippen LogP) is 1.55. The highest BCUT2D eigenvalue weighted by Gasteiger charge is 2.27. The number of hydrogen-bond donors (Lipinski definition) is 1. The van der Waals surface area contributed by atoms with Crippen molar-refractivity contribution in [1.29, 1.82) is 0 Å². The maximum atomic E-state index is 10.3. The second kappa shape index (κ2) is 6.74. The van der Waals surface area contributed by atoms with Gasteiger partial charge in [-0.05, 0) is 13.3 Å². The van der Waals surface area contributed by atoms with Gasteiger partial charge in [0.1, 0.15) is 6.29 Å². The van der Waals surface area contributed by atoms with Crippen molar-refractivity contribution in [1.82, 2.24) is 0 Å². The van der Waals surface area contributed by atoms with Crippen molar-refractivity contribution in [2.24, 2.45) is 5.92 Å². The van der Waals surface area contributed by atoms with E-state index in [1.165, 1.54) is 5.57 Å². The highest BCUT2D eigenvalue weighted by Crippen LogP contribution is 2.29. The molecular formula is C11H20O3. The van der Waals surface area contributed by atoms with Crippen LogP contribution in [0.15, 0.2) is 12.2 Å². The third-order valence-corrected chi connectivity index (χ3v) is 2.60. The zero-order valence-electron chi connectivity index (χ0n) is 9.19. The summed E-state index contributed by atoms with van der Waals surface area (Å²) in [5.74, 6) is 0.424. The minimum atomic E-state index is 0.0706. The van der Waals surface area contributed by atoms with E-state index >= 15 is 0 Å². The molecule has 0 radical (unpaired) electrons. The number of carbonyl (C=O) groups excluding carboxylic acids is 1. The quantitative estimate of drug-likeness (QED) is 0.543. The fourth-order valence-electron chi connectivity index (χ4n) is 1.53. The minimum Gasteiger partial charge on any atom is -0.400 e. The van der Waals surface area contributed by atoms with Crippen LogP contribution in [0.4, 0.5) is 0 Å². The Morgan fingerprint density at radius 3 is 2.57 bits per heavy atom. The van der Waals surface area contributed by atoms with Crippen LogP contribution in [0.5, 0.6) is 0 Å². The molecule has 0 aromatic heterocycles. The molecule has 3 atom stereocenters. The van der Waals surface area contributed by atoms with Gasteiger partial charge in [0.15, 0.2) is 0 Å². The Balaban J connectivity index is 0.000000791. The zero-order chi connectivity index (χ0) is 11.1. The molecule has 0 saturated carbocycles. The third-order valence-electron chi connectivity index (χ3n) is 2.60. The van der Waals surface area contributed by atoms with E-state index in [4.69, 9.17) is 9.84 Å². The minimum absolute atomic E-state index is 0.0706. The summed E-state index contributed by atoms with van der Waals surface area (Å²) < 4.78 is 5.62. The van der Waals surface area contributed by atoms with Crippen LogP contribution in [-0.4, -0.2) is 30.7 Å². The molecule has 3 heteroatoms. The molecule has 1 aliphatic rings. The van der Waals surface area contributed by atoms with E-state index in [1.54, 1.807) is 0 Å². The highest BCUT2D eigenvalue weighted by atomic mass is 16.5. The number of aliphatic hydroxyl groups excluding tert-OH is 1. The van der Waals surface area contributed by atoms with Crippen LogP contribution in [-0.2, 0) is 9.53 Å². The molecular weight excluding hydrogens is 180 g/mol. The van der Waals surface area contributed by atoms with Crippen molar-refractivity contribution in [3.8, 4) is 0 Å². The molecule has 0 aromatic rings. The molecule has 0 amide bonds. The monoisotopic (exact) mass is 200 g/mol. The topological polar surface area (TPSA) is 46.5 Å². The van der Waals surface area contributed by atoms with Gasteiger partial charge in [0.25, 0.3) is 0 Å². The van der Waals surface area contributed by atoms with E-state index in [2.05, 4.69) is 13.5 Å². The molecule has 1 fully saturated rings. The molecule has 1 heterocycles. The second-order valence-corrected chi connectivity index (χ2v) is 3.52. The first kappa shape index (κ1) is 13.3. The molecule has 3 unspecified atom stereocenters. The molecule has 1 N–H and O–H groups in total. The van der Waals surface area contributed by atoms with Crippen molar-refractivity contribution in [3.63, 3.8) is 0 Å². The lowest BCUT2D eigenvalue weighted by Crippen LogP contribution is -2.33. The normalized spacial score (nSPS) is 31.7. The van der Waals surface area contributed by atoms with Crippen LogP contribution in [0.25, 0.3) is 0 Å². The molecule has 0 spiro atoms. The van der Waals surface area contributed by atoms with E-state index in [0.717, 1.165) is 19.8 Å². The van der Waals surface area contributed by atoms with E-state index in [1.807, 2.05) is 6.92 Å². The lowest BCUT2D eigenvalue weighted by molar-refractivity contribution is -0.113. The highest BCUT2D eigenvalue weighted by molar-refractivity contribution is 5.50. The molecule has 82 valence electrons. The summed E-state index contributed by atoms with van der Waals surface area (Å²) in [6, 6.07) is 0. The SMILES string of the molecule is C=C1CC(CC=O)OC(C)C1C.CO. The van der Waals surface area contributed by atoms with Gasteiger partial charge in [0.2, 0.25) is 0 Å². The Labute approximate surface area is 85.8 Å². The van der Waals surface area contributed by atoms with Gasteiger partial charge in [-0.1, -0.05) is 19.1 Å². The molecule has 1 saturated heterocycles. The van der Waals surface area contributed by atoms with Crippen molar-refractivity contribution >= 4 is 6.29 Å². The average molecular weight is 200 g/mol. The molecule has 0 aliphatic carbocycles. The Morgan fingerprint density at radius 1 is 1.57 bits per heavy atom. The van der Waals surface area contributed by atoms with Crippen molar-refractivity contribution < 1.29 is 14.6 Å². The van der Waals surface area contributed by atoms with Gasteiger partial charge in [-0.3, -0.25) is 0 Å². The van der Waals surface area contributed by atoms with Crippen molar-refractivity contribution in [3.05, 3.63) is 12.2 Å². The van der Waals surface area contributed by atoms with Gasteiger partial charge < -0.3 is 14.6 Å². The third kappa shape index (κ3) is 3.60. The summed E-state index contributed by atoms with van der Waals surface area (Å²) in [6.45, 7) is 8.13. The second-order valence-electron chi connectivity index (χ2n) is 3.52. The molecule has 0 aromatic carbocycles. The first-order valence-electron chi connectivity index (χ1n) is 4.86. The van der Waals surface area contributed by atoms with Gasteiger partial charge in [0.05, 0.1) is 12.2 Å². The predicted molar refractivity (Wildman–Crippen MR) is 56.1 cm³/mol. The zero-order valence-corrected chi connectivity index (χ0v) is 9.19. The van der Waals surface area contributed by atoms with Gasteiger partial charge >= 0.3 is 0 Å². The van der Waals surface area contributed by atoms with Crippen molar-refractivity contribution in [2.45, 2.75) is 38.9 Å². The number of aliphatic hydroxyl groups is 1. The Hall–Kier alpha value is -0.670. The number of rotatable bonds is 2. The first-order chi connectivity index (χ1) is 6.65. The van der Waals surface area contributed by atoms with Gasteiger partial charge in [-0.2, -0.15) is 0 Å². The van der Waals surface area contributed by atoms with Crippen LogP contribution < -0.4 is 0 Å². The van der Waals surface area contributed by atoms with E-state index in [-0.39, 0.29) is 12.2 Å². The van der Waals surface area contributed by atoms with Crippen LogP contribution in [0.2, 0.25) is 0 Å². The fourth-order valence-corrected chi connectivity index (χ4v) is 1.53. The maximum Gasteiger partial charge on any atom is 0.122 e. The molecule has 1 aliphatic heterocycles. The van der Waals surface area contributed by atoms with E-state index < -0.39 is 0 Å². The smallest absolute Gasteiger partial charge is 0.122 e. The standard InChI is InChI=1S/C10H16O2.CH4O/c1-7-6-10(4-5-11)12-9(3)8(7)2;1-2/h5,8-10H,1,4,6H2,2-3H3;2H,1H3. The first-order valence-corrected chi connectivity index (χ1v) is 4.86. The maximum absolute atomic E-state index is 10.3. The summed E-state index contributed by atoms with van der Waals surface area (Å²) in [6.07, 6.45) is 2.53. The average Bonchev–Trinajstić information content (AvgIpc) is 2.18. The largest absolute Gasteiger partial charge is 0.400 e. The van der Waals surface area contributed by atoms with E-state index in [0.29, 0.717) is 12.3 Å². The van der Waals surface area contributed by atoms with Crippen LogP contribution >= 0.6 is 0 Å². The van der Waals surface area contributed by atoms with Crippen molar-refractivity contribution in [2.75, 3.05) is 7.11 Å². The Kier molecular flexibility index (Phi) is 6.41. The van der Waals surface area contributed by atoms with Gasteiger partial charge in [-0.15, -0.1) is 0 Å². The number of aldehydes is 1. The van der Waals surface area contributed by atoms with E-state index in [9.17, 15) is 4.79 Å². The number of ether oxygens (including phenoxy) is 1. The molecule has 0 bridgehead atoms. The summed E-state index contributed by atoms with van der Waals surface area (Å²) in [5, 5.41) is 7.00. The number of hydrogen-bond acceptors (Lipinski definition) is 3.